The summed E-state index contributed by atoms with van der Waals surface area (Å²) in [6, 6.07) is 13.4. The summed E-state index contributed by atoms with van der Waals surface area (Å²) in [5.74, 6) is 1.57. The first kappa shape index (κ1) is 12.0. The van der Waals surface area contributed by atoms with Gasteiger partial charge in [0.15, 0.2) is 0 Å². The summed E-state index contributed by atoms with van der Waals surface area (Å²) < 4.78 is 7.64. The predicted octanol–water partition coefficient (Wildman–Crippen LogP) is 5.29. The fourth-order valence-electron chi connectivity index (χ4n) is 1.20. The number of rotatable bonds is 2. The Morgan fingerprint density at radius 3 is 2.31 bits per heavy atom. The minimum absolute atomic E-state index is 0.779. The first-order valence-corrected chi connectivity index (χ1v) is 6.60. The normalized spacial score (nSPS) is 10.2. The van der Waals surface area contributed by atoms with Crippen molar-refractivity contribution < 1.29 is 4.74 Å². The summed E-state index contributed by atoms with van der Waals surface area (Å²) in [4.78, 5) is 0.917. The molecule has 0 amide bonds. The van der Waals surface area contributed by atoms with Crippen LogP contribution in [0.1, 0.15) is 0 Å². The molecule has 0 radical (unpaired) electrons. The lowest BCUT2D eigenvalue weighted by atomic mass is 10.3. The van der Waals surface area contributed by atoms with Gasteiger partial charge < -0.3 is 4.74 Å². The van der Waals surface area contributed by atoms with Crippen LogP contribution in [-0.2, 0) is 0 Å². The van der Waals surface area contributed by atoms with Crippen molar-refractivity contribution in [2.24, 2.45) is 0 Å². The number of thiol groups is 1. The van der Waals surface area contributed by atoms with Gasteiger partial charge in [-0.25, -0.2) is 0 Å². The number of halogens is 2. The highest BCUT2D eigenvalue weighted by Gasteiger charge is 2.03. The molecule has 0 fully saturated rings. The molecule has 0 aliphatic rings. The van der Waals surface area contributed by atoms with E-state index in [1.807, 2.05) is 42.5 Å². The van der Waals surface area contributed by atoms with Gasteiger partial charge >= 0.3 is 0 Å². The fraction of sp³-hybridized carbons (Fsp3) is 0. The lowest BCUT2D eigenvalue weighted by Crippen LogP contribution is -1.85. The van der Waals surface area contributed by atoms with Crippen molar-refractivity contribution in [3.05, 3.63) is 51.4 Å². The second-order valence-corrected chi connectivity index (χ2v) is 5.46. The van der Waals surface area contributed by atoms with E-state index in [9.17, 15) is 0 Å². The second-order valence-electron chi connectivity index (χ2n) is 3.17. The minimum Gasteiger partial charge on any atom is -0.456 e. The smallest absolute Gasteiger partial charge is 0.142 e. The van der Waals surface area contributed by atoms with Crippen LogP contribution in [0.4, 0.5) is 0 Å². The first-order valence-electron chi connectivity index (χ1n) is 4.57. The lowest BCUT2D eigenvalue weighted by Gasteiger charge is -2.08. The summed E-state index contributed by atoms with van der Waals surface area (Å²) in [6.45, 7) is 0. The van der Waals surface area contributed by atoms with Crippen LogP contribution in [0.2, 0.25) is 0 Å². The molecule has 82 valence electrons. The van der Waals surface area contributed by atoms with Gasteiger partial charge in [0.2, 0.25) is 0 Å². The van der Waals surface area contributed by atoms with E-state index in [-0.39, 0.29) is 0 Å². The Bertz CT molecular complexity index is 497. The Kier molecular flexibility index (Phi) is 3.95. The van der Waals surface area contributed by atoms with Crippen molar-refractivity contribution in [3.63, 3.8) is 0 Å². The zero-order valence-electron chi connectivity index (χ0n) is 8.15. The Morgan fingerprint density at radius 2 is 1.62 bits per heavy atom. The van der Waals surface area contributed by atoms with Crippen LogP contribution in [-0.4, -0.2) is 0 Å². The van der Waals surface area contributed by atoms with Gasteiger partial charge in [0.1, 0.15) is 11.5 Å². The van der Waals surface area contributed by atoms with E-state index in [4.69, 9.17) is 4.74 Å². The van der Waals surface area contributed by atoms with Crippen LogP contribution in [0.25, 0.3) is 0 Å². The molecule has 0 aliphatic carbocycles. The number of ether oxygens (including phenoxy) is 1. The maximum absolute atomic E-state index is 5.73. The van der Waals surface area contributed by atoms with Gasteiger partial charge in [-0.2, -0.15) is 0 Å². The van der Waals surface area contributed by atoms with Crippen molar-refractivity contribution >= 4 is 44.5 Å². The quantitative estimate of drug-likeness (QED) is 0.716. The molecule has 0 saturated carbocycles. The van der Waals surface area contributed by atoms with E-state index in [0.29, 0.717) is 0 Å². The molecule has 2 aromatic carbocycles. The Hall–Kier alpha value is -0.450. The van der Waals surface area contributed by atoms with E-state index in [1.54, 1.807) is 0 Å². The molecule has 0 aliphatic heterocycles. The number of hydrogen-bond acceptors (Lipinski definition) is 2. The van der Waals surface area contributed by atoms with Crippen LogP contribution < -0.4 is 4.74 Å². The van der Waals surface area contributed by atoms with Crippen molar-refractivity contribution in [2.75, 3.05) is 0 Å². The highest BCUT2D eigenvalue weighted by atomic mass is 79.9. The maximum atomic E-state index is 5.73. The predicted molar refractivity (Wildman–Crippen MR) is 75.6 cm³/mol. The van der Waals surface area contributed by atoms with Crippen molar-refractivity contribution in [1.82, 2.24) is 0 Å². The van der Waals surface area contributed by atoms with Gasteiger partial charge in [-0.15, -0.1) is 12.6 Å². The van der Waals surface area contributed by atoms with Gasteiger partial charge in [-0.1, -0.05) is 15.9 Å². The molecule has 2 aromatic rings. The van der Waals surface area contributed by atoms with E-state index in [2.05, 4.69) is 44.5 Å². The molecule has 0 N–H and O–H groups in total. The Balaban J connectivity index is 2.26. The molecular formula is C12H8Br2OS. The van der Waals surface area contributed by atoms with Gasteiger partial charge in [-0.05, 0) is 58.4 Å². The average molecular weight is 360 g/mol. The molecule has 0 bridgehead atoms. The van der Waals surface area contributed by atoms with Crippen molar-refractivity contribution in [3.8, 4) is 11.5 Å². The number of benzene rings is 2. The van der Waals surface area contributed by atoms with E-state index >= 15 is 0 Å². The largest absolute Gasteiger partial charge is 0.456 e. The van der Waals surface area contributed by atoms with Crippen LogP contribution in [0.5, 0.6) is 11.5 Å². The average Bonchev–Trinajstić information content (AvgIpc) is 2.27. The second kappa shape index (κ2) is 5.25. The molecule has 4 heteroatoms. The summed E-state index contributed by atoms with van der Waals surface area (Å²) in [6.07, 6.45) is 0. The van der Waals surface area contributed by atoms with Crippen LogP contribution >= 0.6 is 44.5 Å². The topological polar surface area (TPSA) is 9.23 Å². The Morgan fingerprint density at radius 1 is 0.938 bits per heavy atom. The zero-order chi connectivity index (χ0) is 11.5. The molecule has 2 rings (SSSR count). The number of hydrogen-bond donors (Lipinski definition) is 1. The third kappa shape index (κ3) is 3.03. The SMILES string of the molecule is Sc1ccc(Oc2cc(Br)ccc2Br)cc1. The van der Waals surface area contributed by atoms with Gasteiger partial charge in [0, 0.05) is 9.37 Å². The zero-order valence-corrected chi connectivity index (χ0v) is 12.2. The highest BCUT2D eigenvalue weighted by Crippen LogP contribution is 2.32. The molecule has 0 heterocycles. The van der Waals surface area contributed by atoms with Crippen LogP contribution in [0, 0.1) is 0 Å². The Labute approximate surface area is 116 Å². The molecular weight excluding hydrogens is 352 g/mol. The van der Waals surface area contributed by atoms with Crippen LogP contribution in [0.15, 0.2) is 56.3 Å². The molecule has 0 saturated heterocycles. The third-order valence-corrected chi connectivity index (χ3v) is 3.40. The molecule has 0 aromatic heterocycles. The minimum atomic E-state index is 0.779. The van der Waals surface area contributed by atoms with E-state index in [1.165, 1.54) is 0 Å². The molecule has 0 unspecified atom stereocenters. The van der Waals surface area contributed by atoms with E-state index < -0.39 is 0 Å². The van der Waals surface area contributed by atoms with Gasteiger partial charge in [0.05, 0.1) is 4.47 Å². The van der Waals surface area contributed by atoms with Crippen molar-refractivity contribution in [1.29, 1.82) is 0 Å². The van der Waals surface area contributed by atoms with Gasteiger partial charge in [-0.3, -0.25) is 0 Å². The summed E-state index contributed by atoms with van der Waals surface area (Å²) in [5, 5.41) is 0. The molecule has 0 spiro atoms. The maximum Gasteiger partial charge on any atom is 0.142 e. The summed E-state index contributed by atoms with van der Waals surface area (Å²) >= 11 is 11.1. The summed E-state index contributed by atoms with van der Waals surface area (Å²) in [5.41, 5.74) is 0. The van der Waals surface area contributed by atoms with Crippen LogP contribution in [0.3, 0.4) is 0 Å². The van der Waals surface area contributed by atoms with E-state index in [0.717, 1.165) is 25.3 Å². The fourth-order valence-corrected chi connectivity index (χ4v) is 2.01. The first-order chi connectivity index (χ1) is 7.65. The standard InChI is InChI=1S/C12H8Br2OS/c13-8-1-6-11(14)12(7-8)15-9-2-4-10(16)5-3-9/h1-7,16H. The third-order valence-electron chi connectivity index (χ3n) is 1.96. The molecule has 0 atom stereocenters. The lowest BCUT2D eigenvalue weighted by molar-refractivity contribution is 0.479. The highest BCUT2D eigenvalue weighted by molar-refractivity contribution is 9.11. The van der Waals surface area contributed by atoms with Gasteiger partial charge in [0.25, 0.3) is 0 Å². The summed E-state index contributed by atoms with van der Waals surface area (Å²) in [7, 11) is 0. The monoisotopic (exact) mass is 358 g/mol. The molecule has 16 heavy (non-hydrogen) atoms. The molecule has 1 nitrogen and oxygen atoms in total. The van der Waals surface area contributed by atoms with Crippen molar-refractivity contribution in [2.45, 2.75) is 4.90 Å².